The Bertz CT molecular complexity index is 336. The Balaban J connectivity index is 2.85. The summed E-state index contributed by atoms with van der Waals surface area (Å²) in [7, 11) is 1.71. The summed E-state index contributed by atoms with van der Waals surface area (Å²) in [6, 6.07) is 10.4. The second-order valence-electron chi connectivity index (χ2n) is 5.57. The van der Waals surface area contributed by atoms with Crippen molar-refractivity contribution in [2.24, 2.45) is 11.8 Å². The molecular weight excluding hydrogens is 236 g/mol. The molecule has 0 spiro atoms. The van der Waals surface area contributed by atoms with Crippen LogP contribution >= 0.6 is 0 Å². The van der Waals surface area contributed by atoms with Crippen molar-refractivity contribution in [3.05, 3.63) is 35.9 Å². The lowest BCUT2D eigenvalue weighted by atomic mass is 9.77. The zero-order chi connectivity index (χ0) is 14.3. The number of rotatable bonds is 8. The first-order valence-electron chi connectivity index (χ1n) is 7.33. The van der Waals surface area contributed by atoms with Crippen LogP contribution in [0.5, 0.6) is 0 Å². The van der Waals surface area contributed by atoms with E-state index in [2.05, 4.69) is 45.0 Å². The minimum Gasteiger partial charge on any atom is -0.392 e. The maximum atomic E-state index is 10.7. The van der Waals surface area contributed by atoms with Crippen LogP contribution in [0.25, 0.3) is 0 Å². The van der Waals surface area contributed by atoms with E-state index in [0.29, 0.717) is 12.5 Å². The fourth-order valence-electron chi connectivity index (χ4n) is 2.62. The van der Waals surface area contributed by atoms with Gasteiger partial charge in [-0.05, 0) is 23.8 Å². The van der Waals surface area contributed by atoms with Crippen LogP contribution in [0.15, 0.2) is 30.3 Å². The van der Waals surface area contributed by atoms with E-state index in [0.717, 1.165) is 12.8 Å². The number of aliphatic hydroxyl groups excluding tert-OH is 1. The fraction of sp³-hybridized carbons (Fsp3) is 0.647. The van der Waals surface area contributed by atoms with Crippen molar-refractivity contribution in [1.82, 2.24) is 0 Å². The number of benzene rings is 1. The van der Waals surface area contributed by atoms with Gasteiger partial charge in [0.15, 0.2) is 0 Å². The number of ether oxygens (including phenoxy) is 1. The van der Waals surface area contributed by atoms with Crippen LogP contribution in [-0.4, -0.2) is 24.9 Å². The van der Waals surface area contributed by atoms with Gasteiger partial charge in [0.05, 0.1) is 6.10 Å². The van der Waals surface area contributed by atoms with Gasteiger partial charge in [0, 0.05) is 19.6 Å². The summed E-state index contributed by atoms with van der Waals surface area (Å²) in [4.78, 5) is 0. The van der Waals surface area contributed by atoms with Gasteiger partial charge in [-0.25, -0.2) is 0 Å². The molecule has 4 atom stereocenters. The lowest BCUT2D eigenvalue weighted by Crippen LogP contribution is -2.30. The minimum atomic E-state index is -0.313. The quantitative estimate of drug-likeness (QED) is 0.773. The Kier molecular flexibility index (Phi) is 7.11. The number of aliphatic hydroxyl groups is 1. The summed E-state index contributed by atoms with van der Waals surface area (Å²) >= 11 is 0. The highest BCUT2D eigenvalue weighted by molar-refractivity contribution is 5.21. The molecule has 0 heterocycles. The van der Waals surface area contributed by atoms with Gasteiger partial charge >= 0.3 is 0 Å². The van der Waals surface area contributed by atoms with Crippen LogP contribution in [0.3, 0.4) is 0 Å². The molecule has 0 saturated carbocycles. The lowest BCUT2D eigenvalue weighted by Gasteiger charge is -2.32. The van der Waals surface area contributed by atoms with Crippen molar-refractivity contribution in [2.75, 3.05) is 13.7 Å². The number of hydrogen-bond donors (Lipinski definition) is 1. The van der Waals surface area contributed by atoms with E-state index in [4.69, 9.17) is 4.74 Å². The summed E-state index contributed by atoms with van der Waals surface area (Å²) in [5.74, 6) is 0.930. The van der Waals surface area contributed by atoms with Crippen LogP contribution in [-0.2, 0) is 4.74 Å². The SMILES string of the molecule is CCC(C)C(c1ccccc1)C(O)C(C)CCOC. The van der Waals surface area contributed by atoms with Crippen LogP contribution in [0.2, 0.25) is 0 Å². The zero-order valence-corrected chi connectivity index (χ0v) is 12.7. The second-order valence-corrected chi connectivity index (χ2v) is 5.57. The Morgan fingerprint density at radius 2 is 1.74 bits per heavy atom. The Morgan fingerprint density at radius 1 is 1.11 bits per heavy atom. The maximum Gasteiger partial charge on any atom is 0.0637 e. The molecule has 2 heteroatoms. The van der Waals surface area contributed by atoms with Crippen molar-refractivity contribution < 1.29 is 9.84 Å². The van der Waals surface area contributed by atoms with Crippen LogP contribution in [0.4, 0.5) is 0 Å². The molecule has 0 aliphatic heterocycles. The van der Waals surface area contributed by atoms with E-state index in [1.165, 1.54) is 5.56 Å². The first kappa shape index (κ1) is 16.2. The lowest BCUT2D eigenvalue weighted by molar-refractivity contribution is 0.0505. The van der Waals surface area contributed by atoms with Crippen molar-refractivity contribution >= 4 is 0 Å². The van der Waals surface area contributed by atoms with Gasteiger partial charge in [-0.3, -0.25) is 0 Å². The average molecular weight is 264 g/mol. The van der Waals surface area contributed by atoms with Gasteiger partial charge in [-0.15, -0.1) is 0 Å². The Hall–Kier alpha value is -0.860. The largest absolute Gasteiger partial charge is 0.392 e. The summed E-state index contributed by atoms with van der Waals surface area (Å²) in [5, 5.41) is 10.7. The molecule has 0 aliphatic carbocycles. The standard InChI is InChI=1S/C17H28O2/c1-5-13(2)16(15-9-7-6-8-10-15)17(18)14(3)11-12-19-4/h6-10,13-14,16-18H,5,11-12H2,1-4H3. The number of hydrogen-bond acceptors (Lipinski definition) is 2. The zero-order valence-electron chi connectivity index (χ0n) is 12.7. The molecule has 19 heavy (non-hydrogen) atoms. The predicted molar refractivity (Wildman–Crippen MR) is 80.3 cm³/mol. The van der Waals surface area contributed by atoms with E-state index < -0.39 is 0 Å². The predicted octanol–water partition coefficient (Wildman–Crippen LogP) is 3.85. The highest BCUT2D eigenvalue weighted by Crippen LogP contribution is 2.34. The van der Waals surface area contributed by atoms with Crippen LogP contribution in [0, 0.1) is 11.8 Å². The van der Waals surface area contributed by atoms with E-state index in [1.807, 2.05) is 6.07 Å². The normalized spacial score (nSPS) is 17.7. The fourth-order valence-corrected chi connectivity index (χ4v) is 2.62. The third-order valence-corrected chi connectivity index (χ3v) is 4.17. The van der Waals surface area contributed by atoms with Crippen LogP contribution < -0.4 is 0 Å². The molecule has 0 bridgehead atoms. The molecular formula is C17H28O2. The molecule has 4 unspecified atom stereocenters. The molecule has 1 rings (SSSR count). The second kappa shape index (κ2) is 8.34. The summed E-state index contributed by atoms with van der Waals surface area (Å²) in [6.07, 6.45) is 1.66. The molecule has 1 N–H and O–H groups in total. The Labute approximate surface area is 117 Å². The Morgan fingerprint density at radius 3 is 2.26 bits per heavy atom. The molecule has 2 nitrogen and oxygen atoms in total. The van der Waals surface area contributed by atoms with Crippen LogP contribution in [0.1, 0.15) is 45.1 Å². The highest BCUT2D eigenvalue weighted by atomic mass is 16.5. The number of methoxy groups -OCH3 is 1. The van der Waals surface area contributed by atoms with Gasteiger partial charge in [-0.1, -0.05) is 57.5 Å². The van der Waals surface area contributed by atoms with E-state index in [1.54, 1.807) is 7.11 Å². The summed E-state index contributed by atoms with van der Waals surface area (Å²) in [6.45, 7) is 7.24. The summed E-state index contributed by atoms with van der Waals surface area (Å²) in [5.41, 5.74) is 1.24. The van der Waals surface area contributed by atoms with Crippen molar-refractivity contribution in [3.63, 3.8) is 0 Å². The van der Waals surface area contributed by atoms with E-state index >= 15 is 0 Å². The van der Waals surface area contributed by atoms with Crippen molar-refractivity contribution in [2.45, 2.75) is 45.6 Å². The molecule has 0 amide bonds. The topological polar surface area (TPSA) is 29.5 Å². The molecule has 1 aromatic carbocycles. The molecule has 108 valence electrons. The van der Waals surface area contributed by atoms with Gasteiger partial charge in [0.1, 0.15) is 0 Å². The smallest absolute Gasteiger partial charge is 0.0637 e. The maximum absolute atomic E-state index is 10.7. The molecule has 0 fully saturated rings. The van der Waals surface area contributed by atoms with E-state index in [-0.39, 0.29) is 17.9 Å². The molecule has 0 saturated heterocycles. The monoisotopic (exact) mass is 264 g/mol. The molecule has 0 aliphatic rings. The van der Waals surface area contributed by atoms with Gasteiger partial charge in [0.25, 0.3) is 0 Å². The highest BCUT2D eigenvalue weighted by Gasteiger charge is 2.29. The summed E-state index contributed by atoms with van der Waals surface area (Å²) < 4.78 is 5.12. The van der Waals surface area contributed by atoms with Crippen molar-refractivity contribution in [3.8, 4) is 0 Å². The van der Waals surface area contributed by atoms with E-state index in [9.17, 15) is 5.11 Å². The average Bonchev–Trinajstić information content (AvgIpc) is 2.45. The van der Waals surface area contributed by atoms with Gasteiger partial charge < -0.3 is 9.84 Å². The van der Waals surface area contributed by atoms with Gasteiger partial charge in [0.2, 0.25) is 0 Å². The third kappa shape index (κ3) is 4.63. The molecule has 0 aromatic heterocycles. The third-order valence-electron chi connectivity index (χ3n) is 4.17. The molecule has 0 radical (unpaired) electrons. The molecule has 1 aromatic rings. The first-order chi connectivity index (χ1) is 9.11. The van der Waals surface area contributed by atoms with Crippen molar-refractivity contribution in [1.29, 1.82) is 0 Å². The minimum absolute atomic E-state index is 0.207. The van der Waals surface area contributed by atoms with Gasteiger partial charge in [-0.2, -0.15) is 0 Å². The first-order valence-corrected chi connectivity index (χ1v) is 7.33.